The zero-order valence-corrected chi connectivity index (χ0v) is 17.4. The Labute approximate surface area is 173 Å². The number of benzene rings is 1. The van der Waals surface area contributed by atoms with Gasteiger partial charge in [-0.1, -0.05) is 12.1 Å². The summed E-state index contributed by atoms with van der Waals surface area (Å²) in [5.74, 6) is -1.84. The van der Waals surface area contributed by atoms with Crippen molar-refractivity contribution >= 4 is 17.8 Å². The van der Waals surface area contributed by atoms with Crippen LogP contribution < -0.4 is 14.8 Å². The fourth-order valence-corrected chi connectivity index (χ4v) is 2.99. The SMILES string of the molecule is CCOc1noc(CC(NC(C)=O)(C(=O)OC)C(=O)OC)c1-c1cccc(OC)c1. The van der Waals surface area contributed by atoms with E-state index in [1.807, 2.05) is 0 Å². The van der Waals surface area contributed by atoms with Gasteiger partial charge < -0.3 is 28.8 Å². The van der Waals surface area contributed by atoms with E-state index in [-0.39, 0.29) is 11.6 Å². The summed E-state index contributed by atoms with van der Waals surface area (Å²) in [6.45, 7) is 3.23. The summed E-state index contributed by atoms with van der Waals surface area (Å²) in [5, 5.41) is 6.26. The quantitative estimate of drug-likeness (QED) is 0.474. The molecule has 0 fully saturated rings. The van der Waals surface area contributed by atoms with Crippen LogP contribution in [0.5, 0.6) is 11.6 Å². The molecular weight excluding hydrogens is 396 g/mol. The second kappa shape index (κ2) is 9.77. The molecule has 10 nitrogen and oxygen atoms in total. The number of aromatic nitrogens is 1. The average Bonchev–Trinajstić information content (AvgIpc) is 3.13. The molecule has 0 saturated heterocycles. The number of hydrogen-bond donors (Lipinski definition) is 1. The first-order chi connectivity index (χ1) is 14.3. The Balaban J connectivity index is 2.67. The number of rotatable bonds is 9. The number of hydrogen-bond acceptors (Lipinski definition) is 9. The van der Waals surface area contributed by atoms with Gasteiger partial charge in [0, 0.05) is 6.92 Å². The number of nitrogens with zero attached hydrogens (tertiary/aromatic N) is 1. The lowest BCUT2D eigenvalue weighted by Gasteiger charge is -2.28. The predicted octanol–water partition coefficient (Wildman–Crippen LogP) is 1.51. The normalized spacial score (nSPS) is 10.8. The Morgan fingerprint density at radius 3 is 2.33 bits per heavy atom. The van der Waals surface area contributed by atoms with Crippen LogP contribution in [-0.2, 0) is 30.3 Å². The summed E-state index contributed by atoms with van der Waals surface area (Å²) in [6.07, 6.45) is -0.418. The molecular formula is C20H24N2O8. The van der Waals surface area contributed by atoms with Crippen molar-refractivity contribution in [2.75, 3.05) is 27.9 Å². The minimum atomic E-state index is -2.17. The lowest BCUT2D eigenvalue weighted by Crippen LogP contribution is -2.62. The number of carbonyl (C=O) groups is 3. The molecule has 0 spiro atoms. The molecule has 0 saturated carbocycles. The summed E-state index contributed by atoms with van der Waals surface area (Å²) in [6, 6.07) is 6.98. The molecule has 0 aliphatic carbocycles. The number of ether oxygens (including phenoxy) is 4. The van der Waals surface area contributed by atoms with Crippen molar-refractivity contribution in [3.05, 3.63) is 30.0 Å². The predicted molar refractivity (Wildman–Crippen MR) is 104 cm³/mol. The van der Waals surface area contributed by atoms with Gasteiger partial charge in [0.1, 0.15) is 5.75 Å². The van der Waals surface area contributed by atoms with E-state index in [2.05, 4.69) is 10.5 Å². The Bertz CT molecular complexity index is 905. The molecule has 0 radical (unpaired) electrons. The van der Waals surface area contributed by atoms with Crippen LogP contribution in [0.2, 0.25) is 0 Å². The highest BCUT2D eigenvalue weighted by Gasteiger charge is 2.51. The molecule has 0 atom stereocenters. The van der Waals surface area contributed by atoms with Gasteiger partial charge in [-0.2, -0.15) is 0 Å². The fraction of sp³-hybridized carbons (Fsp3) is 0.400. The molecule has 2 aromatic rings. The van der Waals surface area contributed by atoms with Gasteiger partial charge in [0.05, 0.1) is 39.9 Å². The summed E-state index contributed by atoms with van der Waals surface area (Å²) in [7, 11) is 3.71. The van der Waals surface area contributed by atoms with Crippen molar-refractivity contribution in [2.45, 2.75) is 25.8 Å². The van der Waals surface area contributed by atoms with Crippen molar-refractivity contribution in [2.24, 2.45) is 0 Å². The van der Waals surface area contributed by atoms with Gasteiger partial charge in [-0.25, -0.2) is 9.59 Å². The van der Waals surface area contributed by atoms with Crippen molar-refractivity contribution in [3.8, 4) is 22.8 Å². The largest absolute Gasteiger partial charge is 0.497 e. The van der Waals surface area contributed by atoms with E-state index in [0.717, 1.165) is 21.1 Å². The van der Waals surface area contributed by atoms with E-state index in [0.29, 0.717) is 23.5 Å². The number of methoxy groups -OCH3 is 3. The second-order valence-electron chi connectivity index (χ2n) is 6.20. The van der Waals surface area contributed by atoms with E-state index in [1.54, 1.807) is 31.2 Å². The van der Waals surface area contributed by atoms with Crippen LogP contribution in [0.15, 0.2) is 28.8 Å². The van der Waals surface area contributed by atoms with Gasteiger partial charge in [0.25, 0.3) is 5.88 Å². The maximum atomic E-state index is 12.6. The number of nitrogens with one attached hydrogen (secondary N) is 1. The van der Waals surface area contributed by atoms with E-state index in [9.17, 15) is 14.4 Å². The molecule has 1 heterocycles. The van der Waals surface area contributed by atoms with Gasteiger partial charge in [0.15, 0.2) is 5.76 Å². The summed E-state index contributed by atoms with van der Waals surface area (Å²) < 4.78 is 25.8. The first kappa shape index (κ1) is 22.7. The van der Waals surface area contributed by atoms with Gasteiger partial charge >= 0.3 is 11.9 Å². The third-order valence-electron chi connectivity index (χ3n) is 4.25. The third kappa shape index (κ3) is 4.53. The van der Waals surface area contributed by atoms with Crippen molar-refractivity contribution < 1.29 is 37.9 Å². The number of amides is 1. The van der Waals surface area contributed by atoms with Gasteiger partial charge in [-0.15, -0.1) is 0 Å². The molecule has 0 bridgehead atoms. The molecule has 1 N–H and O–H groups in total. The van der Waals surface area contributed by atoms with E-state index >= 15 is 0 Å². The van der Waals surface area contributed by atoms with Crippen LogP contribution in [0.25, 0.3) is 11.1 Å². The number of carbonyl (C=O) groups excluding carboxylic acids is 3. The molecule has 0 unspecified atom stereocenters. The van der Waals surface area contributed by atoms with Crippen LogP contribution in [-0.4, -0.2) is 56.5 Å². The summed E-state index contributed by atoms with van der Waals surface area (Å²) >= 11 is 0. The van der Waals surface area contributed by atoms with Gasteiger partial charge in [-0.3, -0.25) is 4.79 Å². The van der Waals surface area contributed by atoms with Crippen LogP contribution in [0.1, 0.15) is 19.6 Å². The minimum Gasteiger partial charge on any atom is -0.497 e. The maximum Gasteiger partial charge on any atom is 0.343 e. The topological polar surface area (TPSA) is 126 Å². The maximum absolute atomic E-state index is 12.6. The monoisotopic (exact) mass is 420 g/mol. The van der Waals surface area contributed by atoms with E-state index in [1.165, 1.54) is 7.11 Å². The van der Waals surface area contributed by atoms with Crippen molar-refractivity contribution in [1.82, 2.24) is 10.5 Å². The Morgan fingerprint density at radius 1 is 1.13 bits per heavy atom. The van der Waals surface area contributed by atoms with Crippen LogP contribution in [0, 0.1) is 0 Å². The molecule has 2 rings (SSSR count). The van der Waals surface area contributed by atoms with E-state index in [4.69, 9.17) is 23.5 Å². The first-order valence-electron chi connectivity index (χ1n) is 9.04. The molecule has 1 aromatic heterocycles. The molecule has 30 heavy (non-hydrogen) atoms. The highest BCUT2D eigenvalue weighted by atomic mass is 16.6. The minimum absolute atomic E-state index is 0.108. The van der Waals surface area contributed by atoms with E-state index < -0.39 is 29.8 Å². The standard InChI is InChI=1S/C20H24N2O8/c1-6-29-17-16(13-8-7-9-14(10-13)26-3)15(30-22-17)11-20(18(24)27-4,19(25)28-5)21-12(2)23/h7-10H,6,11H2,1-5H3,(H,21,23). The molecule has 1 aromatic carbocycles. The second-order valence-corrected chi connectivity index (χ2v) is 6.20. The van der Waals surface area contributed by atoms with Crippen molar-refractivity contribution in [1.29, 1.82) is 0 Å². The first-order valence-corrected chi connectivity index (χ1v) is 9.04. The molecule has 0 aliphatic rings. The lowest BCUT2D eigenvalue weighted by atomic mass is 9.90. The summed E-state index contributed by atoms with van der Waals surface area (Å²) in [5.41, 5.74) is -1.16. The average molecular weight is 420 g/mol. The van der Waals surface area contributed by atoms with Crippen LogP contribution >= 0.6 is 0 Å². The Hall–Kier alpha value is -3.56. The molecule has 0 aliphatic heterocycles. The Morgan fingerprint density at radius 2 is 1.80 bits per heavy atom. The van der Waals surface area contributed by atoms with Crippen LogP contribution in [0.3, 0.4) is 0 Å². The molecule has 1 amide bonds. The lowest BCUT2D eigenvalue weighted by molar-refractivity contribution is -0.165. The zero-order valence-electron chi connectivity index (χ0n) is 17.4. The fourth-order valence-electron chi connectivity index (χ4n) is 2.99. The molecule has 162 valence electrons. The number of esters is 2. The Kier molecular flexibility index (Phi) is 7.40. The van der Waals surface area contributed by atoms with Crippen molar-refractivity contribution in [3.63, 3.8) is 0 Å². The molecule has 10 heteroatoms. The zero-order chi connectivity index (χ0) is 22.3. The smallest absolute Gasteiger partial charge is 0.343 e. The summed E-state index contributed by atoms with van der Waals surface area (Å²) in [4.78, 5) is 37.0. The highest BCUT2D eigenvalue weighted by Crippen LogP contribution is 2.37. The third-order valence-corrected chi connectivity index (χ3v) is 4.25. The van der Waals surface area contributed by atoms with Crippen LogP contribution in [0.4, 0.5) is 0 Å². The van der Waals surface area contributed by atoms with Gasteiger partial charge in [0.2, 0.25) is 11.4 Å². The van der Waals surface area contributed by atoms with Gasteiger partial charge in [-0.05, 0) is 29.8 Å². The highest BCUT2D eigenvalue weighted by molar-refractivity contribution is 6.08.